The normalized spacial score (nSPS) is 22.4. The van der Waals surface area contributed by atoms with Gasteiger partial charge in [-0.25, -0.2) is 4.98 Å². The quantitative estimate of drug-likeness (QED) is 0.314. The molecule has 38 heavy (non-hydrogen) atoms. The van der Waals surface area contributed by atoms with Crippen molar-refractivity contribution in [1.82, 2.24) is 15.3 Å². The molecule has 3 fully saturated rings. The third kappa shape index (κ3) is 6.61. The van der Waals surface area contributed by atoms with Gasteiger partial charge in [0, 0.05) is 42.0 Å². The molecule has 1 aliphatic heterocycles. The minimum atomic E-state index is -2.59. The lowest BCUT2D eigenvalue weighted by atomic mass is 9.87. The van der Waals surface area contributed by atoms with Crippen LogP contribution in [-0.2, 0) is 22.2 Å². The van der Waals surface area contributed by atoms with Crippen molar-refractivity contribution in [2.24, 2.45) is 11.3 Å². The highest BCUT2D eigenvalue weighted by atomic mass is 35.5. The fraction of sp³-hybridized carbons (Fsp3) is 0.577. The summed E-state index contributed by atoms with van der Waals surface area (Å²) in [6.07, 6.45) is 8.09. The molecule has 1 atom stereocenters. The van der Waals surface area contributed by atoms with E-state index in [1.54, 1.807) is 18.3 Å². The van der Waals surface area contributed by atoms with Crippen molar-refractivity contribution in [2.75, 3.05) is 29.9 Å². The first-order valence-corrected chi connectivity index (χ1v) is 14.7. The highest BCUT2D eigenvalue weighted by Gasteiger charge is 2.48. The van der Waals surface area contributed by atoms with Crippen LogP contribution in [0.15, 0.2) is 24.4 Å². The summed E-state index contributed by atoms with van der Waals surface area (Å²) in [5.41, 5.74) is 2.37. The first-order chi connectivity index (χ1) is 18.3. The van der Waals surface area contributed by atoms with E-state index in [1.165, 1.54) is 12.8 Å². The van der Waals surface area contributed by atoms with E-state index in [2.05, 4.69) is 20.5 Å². The number of nitrogens with zero attached hydrogens (tertiary/aromatic N) is 3. The summed E-state index contributed by atoms with van der Waals surface area (Å²) < 4.78 is 15.9. The molecule has 2 saturated carbocycles. The number of benzene rings is 1. The first kappa shape index (κ1) is 27.2. The van der Waals surface area contributed by atoms with Crippen LogP contribution >= 0.6 is 19.9 Å². The van der Waals surface area contributed by atoms with Crippen LogP contribution in [0.2, 0.25) is 5.02 Å². The van der Waals surface area contributed by atoms with E-state index in [0.717, 1.165) is 37.9 Å². The van der Waals surface area contributed by atoms with Gasteiger partial charge in [-0.2, -0.15) is 4.98 Å². The van der Waals surface area contributed by atoms with Gasteiger partial charge in [0.2, 0.25) is 5.95 Å². The van der Waals surface area contributed by atoms with Crippen LogP contribution in [0.25, 0.3) is 0 Å². The van der Waals surface area contributed by atoms with Crippen molar-refractivity contribution in [1.29, 1.82) is 0 Å². The number of halogens is 1. The summed E-state index contributed by atoms with van der Waals surface area (Å²) in [6.45, 7) is 2.65. The molecule has 5 rings (SSSR count). The van der Waals surface area contributed by atoms with Gasteiger partial charge in [-0.15, -0.1) is 9.42 Å². The van der Waals surface area contributed by atoms with E-state index >= 15 is 0 Å². The number of amides is 1. The predicted molar refractivity (Wildman–Crippen MR) is 144 cm³/mol. The second-order valence-electron chi connectivity index (χ2n) is 10.7. The molecule has 2 aromatic rings. The van der Waals surface area contributed by atoms with Crippen molar-refractivity contribution in [3.8, 4) is 0 Å². The van der Waals surface area contributed by atoms with Gasteiger partial charge in [-0.3, -0.25) is 4.79 Å². The average Bonchev–Trinajstić information content (AvgIpc) is 3.54. The van der Waals surface area contributed by atoms with Crippen molar-refractivity contribution >= 4 is 37.5 Å². The Balaban J connectivity index is 1.26. The van der Waals surface area contributed by atoms with Crippen LogP contribution in [0.5, 0.6) is 0 Å². The van der Waals surface area contributed by atoms with Gasteiger partial charge >= 0.3 is 8.25 Å². The summed E-state index contributed by atoms with van der Waals surface area (Å²) in [7, 11) is -2.59. The second-order valence-corrected chi connectivity index (χ2v) is 11.8. The van der Waals surface area contributed by atoms with Crippen molar-refractivity contribution in [2.45, 2.75) is 64.2 Å². The number of carbonyl (C=O) groups excluding carboxylic acids is 1. The van der Waals surface area contributed by atoms with Crippen LogP contribution in [0, 0.1) is 11.3 Å². The lowest BCUT2D eigenvalue weighted by Gasteiger charge is -2.25. The predicted octanol–water partition coefficient (Wildman–Crippen LogP) is 4.18. The monoisotopic (exact) mass is 562 g/mol. The maximum atomic E-state index is 13.2. The van der Waals surface area contributed by atoms with Crippen LogP contribution in [-0.4, -0.2) is 51.6 Å². The minimum absolute atomic E-state index is 0.125. The molecule has 1 saturated heterocycles. The maximum absolute atomic E-state index is 13.2. The van der Waals surface area contributed by atoms with Crippen LogP contribution < -0.4 is 15.5 Å². The maximum Gasteiger partial charge on any atom is 0.694 e. The van der Waals surface area contributed by atoms with Gasteiger partial charge in [-0.1, -0.05) is 23.7 Å². The van der Waals surface area contributed by atoms with E-state index in [4.69, 9.17) is 26.0 Å². The summed E-state index contributed by atoms with van der Waals surface area (Å²) in [5.74, 6) is 1.13. The molecule has 1 spiro atoms. The van der Waals surface area contributed by atoms with Gasteiger partial charge < -0.3 is 20.6 Å². The topological polar surface area (TPSA) is 137 Å². The standard InChI is InChI=1S/C26H33ClN5O5P/c27-22-11-18(1-4-19(22)15-33)13-28-23-21(14-30-25(31-23)32-10-9-26(16-32)7-8-26)24(34)29-12-17-2-5-20(6-3-17)37-38(35)36/h1,4,11,14,17,20,33H,2-3,5-10,12-13,15-16H2,(H2-,28,29,30,31,34,35,36)/p+1. The number of aliphatic hydroxyl groups excluding tert-OH is 1. The fourth-order valence-electron chi connectivity index (χ4n) is 5.43. The molecule has 1 aromatic carbocycles. The fourth-order valence-corrected chi connectivity index (χ4v) is 6.16. The van der Waals surface area contributed by atoms with E-state index in [1.807, 2.05) is 6.07 Å². The Kier molecular flexibility index (Phi) is 8.45. The largest absolute Gasteiger partial charge is 0.694 e. The average molecular weight is 563 g/mol. The number of nitrogens with one attached hydrogen (secondary N) is 2. The molecule has 1 amide bonds. The van der Waals surface area contributed by atoms with Crippen LogP contribution in [0.4, 0.5) is 11.8 Å². The summed E-state index contributed by atoms with van der Waals surface area (Å²) >= 11 is 6.27. The lowest BCUT2D eigenvalue weighted by molar-refractivity contribution is 0.0928. The van der Waals surface area contributed by atoms with Crippen LogP contribution in [0.1, 0.15) is 66.4 Å². The molecular formula is C26H34ClN5O5P+. The smallest absolute Gasteiger partial charge is 0.392 e. The zero-order valence-electron chi connectivity index (χ0n) is 21.2. The lowest BCUT2D eigenvalue weighted by Crippen LogP contribution is -2.33. The molecule has 2 heterocycles. The molecule has 3 aliphatic rings. The number of rotatable bonds is 10. The van der Waals surface area contributed by atoms with Crippen molar-refractivity contribution < 1.29 is 23.9 Å². The van der Waals surface area contributed by atoms with Gasteiger partial charge in [-0.05, 0) is 73.5 Å². The van der Waals surface area contributed by atoms with Gasteiger partial charge in [0.1, 0.15) is 17.5 Å². The zero-order chi connectivity index (χ0) is 26.7. The van der Waals surface area contributed by atoms with E-state index in [0.29, 0.717) is 59.3 Å². The molecule has 4 N–H and O–H groups in total. The molecule has 1 unspecified atom stereocenters. The van der Waals surface area contributed by atoms with E-state index in [9.17, 15) is 14.5 Å². The minimum Gasteiger partial charge on any atom is -0.392 e. The Labute approximate surface area is 228 Å². The number of aromatic nitrogens is 2. The Morgan fingerprint density at radius 1 is 1.24 bits per heavy atom. The Hall–Kier alpha value is -2.36. The highest BCUT2D eigenvalue weighted by molar-refractivity contribution is 7.32. The Morgan fingerprint density at radius 3 is 2.68 bits per heavy atom. The number of hydrogen-bond acceptors (Lipinski definition) is 8. The molecule has 0 radical (unpaired) electrons. The van der Waals surface area contributed by atoms with E-state index in [-0.39, 0.29) is 24.5 Å². The van der Waals surface area contributed by atoms with Crippen molar-refractivity contribution in [3.05, 3.63) is 46.1 Å². The number of hydrogen-bond donors (Lipinski definition) is 4. The van der Waals surface area contributed by atoms with Gasteiger partial charge in [0.15, 0.2) is 0 Å². The highest BCUT2D eigenvalue weighted by Crippen LogP contribution is 2.53. The molecule has 1 aromatic heterocycles. The summed E-state index contributed by atoms with van der Waals surface area (Å²) in [6, 6.07) is 5.47. The molecule has 204 valence electrons. The number of aliphatic hydroxyl groups is 1. The third-order valence-electron chi connectivity index (χ3n) is 8.03. The zero-order valence-corrected chi connectivity index (χ0v) is 22.9. The molecule has 2 aliphatic carbocycles. The van der Waals surface area contributed by atoms with Crippen LogP contribution in [0.3, 0.4) is 0 Å². The Morgan fingerprint density at radius 2 is 2.03 bits per heavy atom. The Bertz CT molecular complexity index is 1190. The molecule has 0 bridgehead atoms. The second kappa shape index (κ2) is 11.8. The summed E-state index contributed by atoms with van der Waals surface area (Å²) in [5, 5.41) is 16.2. The van der Waals surface area contributed by atoms with E-state index < -0.39 is 8.25 Å². The first-order valence-electron chi connectivity index (χ1n) is 13.2. The van der Waals surface area contributed by atoms with Gasteiger partial charge in [0.25, 0.3) is 5.91 Å². The molecule has 12 heteroatoms. The molecule has 10 nitrogen and oxygen atoms in total. The van der Waals surface area contributed by atoms with Gasteiger partial charge in [0.05, 0.1) is 6.61 Å². The summed E-state index contributed by atoms with van der Waals surface area (Å²) in [4.78, 5) is 33.7. The molecular weight excluding hydrogens is 529 g/mol. The number of carbonyl (C=O) groups is 1. The van der Waals surface area contributed by atoms with Crippen molar-refractivity contribution in [3.63, 3.8) is 0 Å². The SMILES string of the molecule is O=C(NCC1CCC(O[P+](=O)O)CC1)c1cnc(N2CCC3(CC3)C2)nc1NCc1ccc(CO)c(Cl)c1. The number of anilines is 2. The third-order valence-corrected chi connectivity index (χ3v) is 8.86.